The van der Waals surface area contributed by atoms with Crippen LogP contribution in [0.3, 0.4) is 0 Å². The number of nitrogens with one attached hydrogen (secondary N) is 1. The van der Waals surface area contributed by atoms with Gasteiger partial charge in [-0.2, -0.15) is 5.10 Å². The van der Waals surface area contributed by atoms with Crippen molar-refractivity contribution in [2.45, 2.75) is 45.2 Å². The van der Waals surface area contributed by atoms with Crippen molar-refractivity contribution in [2.75, 3.05) is 16.9 Å². The number of amides is 2. The standard InChI is InChI=1S/C30H32Cl2N8O4/c1-17-3-2-4-25(22-11-19(7-9-35-22)29-23(37-30(17)44)14-36-40(29)16-28(42)43)38-10-8-18(12-27(38)41)21-13-20(31)5-6-24(21)39(34)15-26(32)33/h5-7,9,11-15,17,25H,2-4,8,10,16,33-34H2,1H3,(H,37,44)(H,42,43)/b26-15-. The van der Waals surface area contributed by atoms with Crippen molar-refractivity contribution in [1.82, 2.24) is 19.7 Å². The fourth-order valence-electron chi connectivity index (χ4n) is 5.65. The number of aromatic nitrogens is 3. The molecule has 2 unspecified atom stereocenters. The number of hydrogen-bond donors (Lipinski definition) is 4. The molecule has 2 aromatic heterocycles. The van der Waals surface area contributed by atoms with Gasteiger partial charge in [0.1, 0.15) is 11.7 Å². The van der Waals surface area contributed by atoms with Crippen LogP contribution < -0.4 is 21.9 Å². The van der Waals surface area contributed by atoms with Gasteiger partial charge in [-0.05, 0) is 55.2 Å². The lowest BCUT2D eigenvalue weighted by molar-refractivity contribution is -0.138. The van der Waals surface area contributed by atoms with E-state index in [1.165, 1.54) is 22.1 Å². The molecule has 2 aliphatic rings. The third kappa shape index (κ3) is 6.72. The molecule has 0 saturated carbocycles. The summed E-state index contributed by atoms with van der Waals surface area (Å²) in [6, 6.07) is 8.34. The molecule has 6 N–H and O–H groups in total. The van der Waals surface area contributed by atoms with Crippen molar-refractivity contribution in [3.63, 3.8) is 0 Å². The SMILES string of the molecule is CC1CCCC(N2CCC(c3cc(Cl)ccc3N(N)/C=C(\N)Cl)=CC2=O)c2cc(ccn2)-c2c(cnn2CC(=O)O)NC1=O. The minimum atomic E-state index is -1.07. The number of nitrogens with two attached hydrogens (primary N) is 2. The molecular weight excluding hydrogens is 607 g/mol. The molecule has 2 amide bonds. The zero-order valence-electron chi connectivity index (χ0n) is 23.9. The second kappa shape index (κ2) is 13.1. The van der Waals surface area contributed by atoms with E-state index in [1.807, 2.05) is 13.0 Å². The number of carboxylic acid groups (broad SMARTS) is 1. The van der Waals surface area contributed by atoms with Crippen LogP contribution in [0.1, 0.15) is 49.9 Å². The van der Waals surface area contributed by atoms with Gasteiger partial charge in [0.15, 0.2) is 0 Å². The lowest BCUT2D eigenvalue weighted by atomic mass is 9.93. The number of halogens is 2. The number of carbonyl (C=O) groups is 3. The maximum atomic E-state index is 13.8. The van der Waals surface area contributed by atoms with E-state index in [1.54, 1.807) is 41.4 Å². The Bertz CT molecular complexity index is 1670. The summed E-state index contributed by atoms with van der Waals surface area (Å²) in [7, 11) is 0. The third-order valence-corrected chi connectivity index (χ3v) is 8.10. The minimum Gasteiger partial charge on any atom is -0.480 e. The Morgan fingerprint density at radius 2 is 2.05 bits per heavy atom. The smallest absolute Gasteiger partial charge is 0.325 e. The van der Waals surface area contributed by atoms with Gasteiger partial charge in [0, 0.05) is 40.9 Å². The highest BCUT2D eigenvalue weighted by molar-refractivity contribution is 6.31. The number of hydrazine groups is 1. The van der Waals surface area contributed by atoms with Gasteiger partial charge in [0.05, 0.1) is 41.2 Å². The van der Waals surface area contributed by atoms with E-state index in [0.717, 1.165) is 5.57 Å². The third-order valence-electron chi connectivity index (χ3n) is 7.76. The molecule has 1 aromatic carbocycles. The molecule has 0 fully saturated rings. The van der Waals surface area contributed by atoms with Gasteiger partial charge in [0.25, 0.3) is 0 Å². The van der Waals surface area contributed by atoms with Crippen LogP contribution >= 0.6 is 23.2 Å². The molecule has 2 atom stereocenters. The average molecular weight is 640 g/mol. The Labute approximate surface area is 263 Å². The van der Waals surface area contributed by atoms with E-state index in [0.29, 0.717) is 71.1 Å². The van der Waals surface area contributed by atoms with Crippen LogP contribution in [-0.4, -0.2) is 49.1 Å². The lowest BCUT2D eigenvalue weighted by Crippen LogP contribution is -2.38. The first-order chi connectivity index (χ1) is 21.0. The highest BCUT2D eigenvalue weighted by atomic mass is 35.5. The van der Waals surface area contributed by atoms with E-state index in [9.17, 15) is 19.5 Å². The largest absolute Gasteiger partial charge is 0.480 e. The zero-order valence-corrected chi connectivity index (χ0v) is 25.4. The number of fused-ring (bicyclic) bond motifs is 4. The van der Waals surface area contributed by atoms with Crippen LogP contribution in [-0.2, 0) is 20.9 Å². The summed E-state index contributed by atoms with van der Waals surface area (Å²) >= 11 is 12.2. The van der Waals surface area contributed by atoms with Crippen molar-refractivity contribution in [2.24, 2.45) is 17.5 Å². The van der Waals surface area contributed by atoms with Gasteiger partial charge in [-0.25, -0.2) is 5.84 Å². The predicted octanol–water partition coefficient (Wildman–Crippen LogP) is 4.48. The molecule has 3 aromatic rings. The first kappa shape index (κ1) is 31.0. The van der Waals surface area contributed by atoms with Gasteiger partial charge in [-0.15, -0.1) is 0 Å². The van der Waals surface area contributed by atoms with Crippen LogP contribution in [0.5, 0.6) is 0 Å². The van der Waals surface area contributed by atoms with E-state index < -0.39 is 12.0 Å². The van der Waals surface area contributed by atoms with Gasteiger partial charge in [-0.3, -0.25) is 29.1 Å². The summed E-state index contributed by atoms with van der Waals surface area (Å²) in [4.78, 5) is 44.8. The van der Waals surface area contributed by atoms with Gasteiger partial charge < -0.3 is 21.1 Å². The fourth-order valence-corrected chi connectivity index (χ4v) is 5.92. The maximum absolute atomic E-state index is 13.8. The van der Waals surface area contributed by atoms with Crippen LogP contribution in [0.15, 0.2) is 60.2 Å². The van der Waals surface area contributed by atoms with Crippen molar-refractivity contribution in [1.29, 1.82) is 0 Å². The van der Waals surface area contributed by atoms with Crippen LogP contribution in [0.4, 0.5) is 11.4 Å². The molecule has 4 heterocycles. The molecule has 0 spiro atoms. The lowest BCUT2D eigenvalue weighted by Gasteiger charge is -2.35. The number of rotatable bonds is 6. The van der Waals surface area contributed by atoms with E-state index in [2.05, 4.69) is 15.4 Å². The second-order valence-corrected chi connectivity index (χ2v) is 11.7. The van der Waals surface area contributed by atoms with E-state index >= 15 is 0 Å². The normalized spacial score (nSPS) is 19.3. The number of carbonyl (C=O) groups excluding carboxylic acids is 2. The molecule has 12 nitrogen and oxygen atoms in total. The number of anilines is 2. The zero-order chi connectivity index (χ0) is 31.5. The molecule has 5 rings (SSSR count). The van der Waals surface area contributed by atoms with Gasteiger partial charge >= 0.3 is 5.97 Å². The highest BCUT2D eigenvalue weighted by Crippen LogP contribution is 2.38. The molecule has 0 radical (unpaired) electrons. The number of aliphatic carboxylic acids is 1. The van der Waals surface area contributed by atoms with Gasteiger partial charge in [0.2, 0.25) is 11.8 Å². The van der Waals surface area contributed by atoms with Crippen LogP contribution in [0, 0.1) is 5.92 Å². The molecule has 230 valence electrons. The van der Waals surface area contributed by atoms with Crippen LogP contribution in [0.2, 0.25) is 5.02 Å². The van der Waals surface area contributed by atoms with Crippen molar-refractivity contribution >= 4 is 57.9 Å². The quantitative estimate of drug-likeness (QED) is 0.172. The fraction of sp³-hybridized carbons (Fsp3) is 0.300. The molecular formula is C30H32Cl2N8O4. The Balaban J connectivity index is 1.53. The summed E-state index contributed by atoms with van der Waals surface area (Å²) in [5.74, 6) is 4.40. The Kier molecular flexibility index (Phi) is 9.23. The number of pyridine rings is 1. The Morgan fingerprint density at radius 3 is 2.77 bits per heavy atom. The molecule has 2 aliphatic heterocycles. The number of hydrogen-bond acceptors (Lipinski definition) is 8. The summed E-state index contributed by atoms with van der Waals surface area (Å²) in [5.41, 5.74) is 9.77. The van der Waals surface area contributed by atoms with Crippen LogP contribution in [0.25, 0.3) is 16.8 Å². The monoisotopic (exact) mass is 638 g/mol. The molecule has 2 bridgehead atoms. The molecule has 44 heavy (non-hydrogen) atoms. The summed E-state index contributed by atoms with van der Waals surface area (Å²) < 4.78 is 1.33. The van der Waals surface area contributed by atoms with Gasteiger partial charge in [-0.1, -0.05) is 36.5 Å². The summed E-state index contributed by atoms with van der Waals surface area (Å²) in [6.45, 7) is 1.84. The minimum absolute atomic E-state index is 0.00422. The highest BCUT2D eigenvalue weighted by Gasteiger charge is 2.31. The number of carboxylic acids is 1. The second-order valence-electron chi connectivity index (χ2n) is 10.8. The average Bonchev–Trinajstić information content (AvgIpc) is 3.35. The maximum Gasteiger partial charge on any atom is 0.325 e. The van der Waals surface area contributed by atoms with Crippen molar-refractivity contribution in [3.05, 3.63) is 76.4 Å². The van der Waals surface area contributed by atoms with E-state index in [-0.39, 0.29) is 29.4 Å². The topological polar surface area (TPSA) is 173 Å². The van der Waals surface area contributed by atoms with E-state index in [4.69, 9.17) is 34.8 Å². The molecule has 0 aliphatic carbocycles. The molecule has 14 heteroatoms. The number of nitrogens with zero attached hydrogens (tertiary/aromatic N) is 5. The predicted molar refractivity (Wildman–Crippen MR) is 168 cm³/mol. The number of benzene rings is 1. The molecule has 0 saturated heterocycles. The first-order valence-electron chi connectivity index (χ1n) is 14.0. The van der Waals surface area contributed by atoms with Crippen molar-refractivity contribution in [3.8, 4) is 11.3 Å². The Morgan fingerprint density at radius 1 is 1.25 bits per heavy atom. The summed E-state index contributed by atoms with van der Waals surface area (Å²) in [6.07, 6.45) is 8.36. The Hall–Kier alpha value is -4.39. The van der Waals surface area contributed by atoms with Crippen molar-refractivity contribution < 1.29 is 19.5 Å². The summed E-state index contributed by atoms with van der Waals surface area (Å²) in [5, 5.41) is 18.4. The first-order valence-corrected chi connectivity index (χ1v) is 14.8.